The molecule has 1 unspecified atom stereocenters. The van der Waals surface area contributed by atoms with E-state index in [0.29, 0.717) is 11.8 Å². The molecule has 0 spiro atoms. The number of hydrogen-bond acceptors (Lipinski definition) is 3. The van der Waals surface area contributed by atoms with Crippen molar-refractivity contribution in [3.63, 3.8) is 0 Å². The Morgan fingerprint density at radius 2 is 1.62 bits per heavy atom. The minimum absolute atomic E-state index is 0.193. The fraction of sp³-hybridized carbons (Fsp3) is 0.412. The first kappa shape index (κ1) is 19.7. The van der Waals surface area contributed by atoms with E-state index in [2.05, 4.69) is 10.6 Å². The van der Waals surface area contributed by atoms with Crippen molar-refractivity contribution in [2.45, 2.75) is 39.9 Å². The number of alkyl halides is 3. The van der Waals surface area contributed by atoms with E-state index in [4.69, 9.17) is 0 Å². The molecule has 0 bridgehead atoms. The van der Waals surface area contributed by atoms with Crippen LogP contribution in [0.4, 0.5) is 18.9 Å². The lowest BCUT2D eigenvalue weighted by molar-refractivity contribution is -0.165. The molecule has 1 amide bonds. The van der Waals surface area contributed by atoms with Crippen molar-refractivity contribution in [2.75, 3.05) is 5.32 Å². The van der Waals surface area contributed by atoms with Crippen LogP contribution >= 0.6 is 0 Å². The van der Waals surface area contributed by atoms with E-state index in [1.165, 1.54) is 0 Å². The van der Waals surface area contributed by atoms with E-state index >= 15 is 0 Å². The molecule has 0 heterocycles. The maximum atomic E-state index is 12.3. The van der Waals surface area contributed by atoms with Crippen LogP contribution in [0.15, 0.2) is 30.5 Å². The third-order valence-electron chi connectivity index (χ3n) is 3.23. The van der Waals surface area contributed by atoms with Gasteiger partial charge in [-0.05, 0) is 43.0 Å². The summed E-state index contributed by atoms with van der Waals surface area (Å²) in [5.41, 5.74) is 2.57. The van der Waals surface area contributed by atoms with Gasteiger partial charge in [0, 0.05) is 18.0 Å². The van der Waals surface area contributed by atoms with Crippen LogP contribution in [0.2, 0.25) is 0 Å². The monoisotopic (exact) mass is 342 g/mol. The van der Waals surface area contributed by atoms with Gasteiger partial charge in [-0.15, -0.1) is 0 Å². The van der Waals surface area contributed by atoms with Crippen LogP contribution in [0.25, 0.3) is 0 Å². The van der Waals surface area contributed by atoms with Crippen molar-refractivity contribution in [1.29, 1.82) is 0 Å². The minimum atomic E-state index is -4.92. The molecule has 1 atom stereocenters. The van der Waals surface area contributed by atoms with E-state index in [1.807, 2.05) is 19.9 Å². The lowest BCUT2D eigenvalue weighted by atomic mass is 10.0. The maximum Gasteiger partial charge on any atom is 0.454 e. The fourth-order valence-electron chi connectivity index (χ4n) is 2.16. The quantitative estimate of drug-likeness (QED) is 0.778. The molecular weight excluding hydrogens is 321 g/mol. The second-order valence-corrected chi connectivity index (χ2v) is 5.95. The molecule has 0 saturated heterocycles. The highest BCUT2D eigenvalue weighted by Crippen LogP contribution is 2.17. The molecule has 1 aromatic carbocycles. The van der Waals surface area contributed by atoms with Gasteiger partial charge in [0.15, 0.2) is 0 Å². The lowest BCUT2D eigenvalue weighted by Gasteiger charge is -2.21. The van der Waals surface area contributed by atoms with Gasteiger partial charge in [0.1, 0.15) is 6.04 Å². The highest BCUT2D eigenvalue weighted by Gasteiger charge is 2.36. The molecule has 24 heavy (non-hydrogen) atoms. The summed E-state index contributed by atoms with van der Waals surface area (Å²) in [5, 5.41) is 5.29. The predicted octanol–water partition coefficient (Wildman–Crippen LogP) is 3.50. The summed E-state index contributed by atoms with van der Waals surface area (Å²) in [4.78, 5) is 23.1. The van der Waals surface area contributed by atoms with Crippen LogP contribution in [-0.2, 0) is 9.59 Å². The van der Waals surface area contributed by atoms with Crippen LogP contribution in [0.5, 0.6) is 0 Å². The Kier molecular flexibility index (Phi) is 6.57. The molecule has 1 rings (SSSR count). The van der Waals surface area contributed by atoms with E-state index in [-0.39, 0.29) is 11.8 Å². The van der Waals surface area contributed by atoms with Crippen LogP contribution in [0.3, 0.4) is 0 Å². The molecule has 0 fully saturated rings. The molecule has 0 aliphatic carbocycles. The molecule has 0 radical (unpaired) electrons. The van der Waals surface area contributed by atoms with Gasteiger partial charge in [0.25, 0.3) is 5.78 Å². The molecule has 2 N–H and O–H groups in total. The molecule has 132 valence electrons. The first-order valence-corrected chi connectivity index (χ1v) is 7.43. The second kappa shape index (κ2) is 7.99. The van der Waals surface area contributed by atoms with Crippen molar-refractivity contribution in [3.8, 4) is 0 Å². The van der Waals surface area contributed by atoms with Gasteiger partial charge in [-0.1, -0.05) is 19.9 Å². The number of ketones is 1. The van der Waals surface area contributed by atoms with Gasteiger partial charge in [0.05, 0.1) is 0 Å². The maximum absolute atomic E-state index is 12.3. The fourth-order valence-corrected chi connectivity index (χ4v) is 2.16. The third-order valence-corrected chi connectivity index (χ3v) is 3.23. The van der Waals surface area contributed by atoms with Gasteiger partial charge >= 0.3 is 6.18 Å². The van der Waals surface area contributed by atoms with Crippen molar-refractivity contribution in [3.05, 3.63) is 41.6 Å². The van der Waals surface area contributed by atoms with Crippen molar-refractivity contribution < 1.29 is 22.8 Å². The molecule has 0 saturated carbocycles. The normalized spacial score (nSPS) is 13.2. The Labute approximate surface area is 139 Å². The van der Waals surface area contributed by atoms with Crippen molar-refractivity contribution >= 4 is 17.4 Å². The van der Waals surface area contributed by atoms with Crippen molar-refractivity contribution in [1.82, 2.24) is 5.32 Å². The molecule has 0 aliphatic rings. The number of hydrogen-bond donors (Lipinski definition) is 2. The molecular formula is C17H21F3N2O2. The molecule has 4 nitrogen and oxygen atoms in total. The summed E-state index contributed by atoms with van der Waals surface area (Å²) >= 11 is 0. The molecule has 1 aromatic rings. The van der Waals surface area contributed by atoms with Crippen LogP contribution < -0.4 is 10.6 Å². The topological polar surface area (TPSA) is 58.2 Å². The zero-order chi connectivity index (χ0) is 18.5. The molecule has 0 aliphatic heterocycles. The Balaban J connectivity index is 2.79. The average Bonchev–Trinajstić information content (AvgIpc) is 2.40. The summed E-state index contributed by atoms with van der Waals surface area (Å²) in [7, 11) is 0. The summed E-state index contributed by atoms with van der Waals surface area (Å²) in [5.74, 6) is -2.56. The number of carbonyl (C=O) groups is 2. The van der Waals surface area contributed by atoms with Crippen LogP contribution in [0, 0.1) is 19.8 Å². The van der Waals surface area contributed by atoms with Crippen LogP contribution in [-0.4, -0.2) is 23.9 Å². The Hall–Kier alpha value is -2.31. The van der Waals surface area contributed by atoms with E-state index < -0.39 is 18.0 Å². The molecule has 7 heteroatoms. The van der Waals surface area contributed by atoms with Crippen LogP contribution in [0.1, 0.15) is 25.0 Å². The number of benzene rings is 1. The number of amides is 1. The van der Waals surface area contributed by atoms with E-state index in [1.54, 1.807) is 26.0 Å². The second-order valence-electron chi connectivity index (χ2n) is 5.95. The largest absolute Gasteiger partial charge is 0.454 e. The van der Waals surface area contributed by atoms with E-state index in [9.17, 15) is 22.8 Å². The van der Waals surface area contributed by atoms with Gasteiger partial charge in [-0.2, -0.15) is 13.2 Å². The highest BCUT2D eigenvalue weighted by atomic mass is 19.4. The van der Waals surface area contributed by atoms with Crippen molar-refractivity contribution in [2.24, 2.45) is 5.92 Å². The Bertz CT molecular complexity index is 617. The number of aryl methyl sites for hydroxylation is 2. The number of anilines is 1. The smallest absolute Gasteiger partial charge is 0.379 e. The Morgan fingerprint density at radius 1 is 1.08 bits per heavy atom. The van der Waals surface area contributed by atoms with Gasteiger partial charge < -0.3 is 10.6 Å². The molecule has 0 aromatic heterocycles. The first-order chi connectivity index (χ1) is 11.0. The summed E-state index contributed by atoms with van der Waals surface area (Å²) in [6.45, 7) is 7.29. The SMILES string of the molecule is Cc1cc(C)cc(NC(=O)C(N/C=C/C(=O)C(F)(F)F)C(C)C)c1. The number of nitrogens with one attached hydrogen (secondary N) is 2. The summed E-state index contributed by atoms with van der Waals surface area (Å²) in [6.07, 6.45) is -3.69. The first-order valence-electron chi connectivity index (χ1n) is 7.43. The van der Waals surface area contributed by atoms with E-state index in [0.717, 1.165) is 17.3 Å². The lowest BCUT2D eigenvalue weighted by Crippen LogP contribution is -2.42. The number of rotatable bonds is 6. The van der Waals surface area contributed by atoms with Gasteiger partial charge in [-0.3, -0.25) is 9.59 Å². The number of allylic oxidation sites excluding steroid dienone is 1. The predicted molar refractivity (Wildman–Crippen MR) is 86.5 cm³/mol. The standard InChI is InChI=1S/C17H21F3N2O2/c1-10(2)15(21-6-5-14(23)17(18,19)20)16(24)22-13-8-11(3)7-12(4)9-13/h5-10,15,21H,1-4H3,(H,22,24)/b6-5+. The average molecular weight is 342 g/mol. The number of halogens is 3. The van der Waals surface area contributed by atoms with Gasteiger partial charge in [-0.25, -0.2) is 0 Å². The summed E-state index contributed by atoms with van der Waals surface area (Å²) in [6, 6.07) is 4.78. The minimum Gasteiger partial charge on any atom is -0.379 e. The number of carbonyl (C=O) groups excluding carboxylic acids is 2. The zero-order valence-corrected chi connectivity index (χ0v) is 14.0. The Morgan fingerprint density at radius 3 is 2.08 bits per heavy atom. The third kappa shape index (κ3) is 6.06. The zero-order valence-electron chi connectivity index (χ0n) is 14.0. The highest BCUT2D eigenvalue weighted by molar-refractivity contribution is 5.96. The summed E-state index contributed by atoms with van der Waals surface area (Å²) < 4.78 is 36.4. The van der Waals surface area contributed by atoms with Gasteiger partial charge in [0.2, 0.25) is 5.91 Å².